The Morgan fingerprint density at radius 2 is 1.72 bits per heavy atom. The first-order valence-electron chi connectivity index (χ1n) is 11.9. The van der Waals surface area contributed by atoms with Gasteiger partial charge in [0.05, 0.1) is 5.56 Å². The van der Waals surface area contributed by atoms with Crippen molar-refractivity contribution in [3.63, 3.8) is 0 Å². The van der Waals surface area contributed by atoms with Crippen LogP contribution < -0.4 is 10.2 Å². The molecule has 0 aliphatic carbocycles. The van der Waals surface area contributed by atoms with E-state index in [0.29, 0.717) is 23.3 Å². The van der Waals surface area contributed by atoms with Gasteiger partial charge < -0.3 is 19.7 Å². The van der Waals surface area contributed by atoms with Crippen LogP contribution in [-0.4, -0.2) is 40.0 Å². The molecule has 2 N–H and O–H groups in total. The summed E-state index contributed by atoms with van der Waals surface area (Å²) in [6, 6.07) is 20.8. The van der Waals surface area contributed by atoms with Crippen LogP contribution in [0.5, 0.6) is 0 Å². The van der Waals surface area contributed by atoms with Crippen molar-refractivity contribution < 1.29 is 19.1 Å². The predicted octanol–water partition coefficient (Wildman–Crippen LogP) is 5.38. The van der Waals surface area contributed by atoms with Crippen molar-refractivity contribution in [3.05, 3.63) is 95.5 Å². The summed E-state index contributed by atoms with van der Waals surface area (Å²) in [7, 11) is 0. The lowest BCUT2D eigenvalue weighted by atomic mass is 9.89. The molecule has 0 atom stereocenters. The minimum absolute atomic E-state index is 0.191. The largest absolute Gasteiger partial charge is 0.478 e. The molecule has 182 valence electrons. The van der Waals surface area contributed by atoms with Crippen molar-refractivity contribution in [2.75, 3.05) is 23.3 Å². The van der Waals surface area contributed by atoms with Crippen LogP contribution in [0.4, 0.5) is 11.5 Å². The van der Waals surface area contributed by atoms with E-state index < -0.39 is 5.97 Å². The zero-order chi connectivity index (χ0) is 25.1. The predicted molar refractivity (Wildman–Crippen MR) is 136 cm³/mol. The number of oxazole rings is 1. The molecule has 1 aliphatic heterocycles. The topological polar surface area (TPSA) is 109 Å². The number of aryl methyl sites for hydroxylation is 1. The Hall–Kier alpha value is -4.46. The highest BCUT2D eigenvalue weighted by Gasteiger charge is 2.22. The molecule has 8 heteroatoms. The summed E-state index contributed by atoms with van der Waals surface area (Å²) >= 11 is 0. The van der Waals surface area contributed by atoms with E-state index in [1.807, 2.05) is 42.5 Å². The van der Waals surface area contributed by atoms with Crippen LogP contribution in [0.15, 0.2) is 77.3 Å². The van der Waals surface area contributed by atoms with Crippen molar-refractivity contribution >= 4 is 23.4 Å². The number of benzene rings is 2. The van der Waals surface area contributed by atoms with E-state index in [1.165, 1.54) is 11.8 Å². The third-order valence-electron chi connectivity index (χ3n) is 6.49. The number of piperidine rings is 1. The first-order chi connectivity index (χ1) is 17.5. The molecule has 0 unspecified atom stereocenters. The second-order valence-corrected chi connectivity index (χ2v) is 8.84. The summed E-state index contributed by atoms with van der Waals surface area (Å²) in [6.07, 6.45) is 3.34. The van der Waals surface area contributed by atoms with Crippen molar-refractivity contribution in [3.8, 4) is 11.5 Å². The zero-order valence-corrected chi connectivity index (χ0v) is 19.8. The average Bonchev–Trinajstić information content (AvgIpc) is 3.31. The summed E-state index contributed by atoms with van der Waals surface area (Å²) < 4.78 is 5.71. The fourth-order valence-corrected chi connectivity index (χ4v) is 4.48. The molecule has 4 aromatic rings. The number of anilines is 2. The summed E-state index contributed by atoms with van der Waals surface area (Å²) in [5, 5.41) is 12.0. The van der Waals surface area contributed by atoms with Crippen molar-refractivity contribution in [2.45, 2.75) is 25.7 Å². The molecule has 0 saturated carbocycles. The van der Waals surface area contributed by atoms with E-state index in [0.717, 1.165) is 37.3 Å². The summed E-state index contributed by atoms with van der Waals surface area (Å²) in [4.78, 5) is 34.7. The fourth-order valence-electron chi connectivity index (χ4n) is 4.48. The molecular formula is C28H26N4O4. The van der Waals surface area contributed by atoms with Gasteiger partial charge in [-0.25, -0.2) is 14.8 Å². The van der Waals surface area contributed by atoms with Crippen LogP contribution in [0.3, 0.4) is 0 Å². The standard InChI is InChI=1S/C28H26N4O4/c1-18-25(31-27(36-18)21-5-3-2-4-6-21)26(33)30-23-10-7-19(8-11-23)20-13-15-32(16-14-20)24-12-9-22(17-29-24)28(34)35/h2-12,17,20H,13-16H2,1H3,(H,30,33)(H,34,35). The highest BCUT2D eigenvalue weighted by atomic mass is 16.4. The number of carboxylic acid groups (broad SMARTS) is 1. The van der Waals surface area contributed by atoms with Gasteiger partial charge in [0.15, 0.2) is 5.69 Å². The SMILES string of the molecule is Cc1oc(-c2ccccc2)nc1C(=O)Nc1ccc(C2CCN(c3ccc(C(=O)O)cn3)CC2)cc1. The molecule has 8 nitrogen and oxygen atoms in total. The number of nitrogens with zero attached hydrogens (tertiary/aromatic N) is 3. The highest BCUT2D eigenvalue weighted by Crippen LogP contribution is 2.31. The lowest BCUT2D eigenvalue weighted by Gasteiger charge is -2.33. The van der Waals surface area contributed by atoms with Crippen LogP contribution in [0.25, 0.3) is 11.5 Å². The van der Waals surface area contributed by atoms with Crippen LogP contribution in [0.2, 0.25) is 0 Å². The second kappa shape index (κ2) is 10.0. The van der Waals surface area contributed by atoms with Crippen LogP contribution in [0.1, 0.15) is 50.9 Å². The van der Waals surface area contributed by atoms with E-state index >= 15 is 0 Å². The van der Waals surface area contributed by atoms with Crippen molar-refractivity contribution in [2.24, 2.45) is 0 Å². The fraction of sp³-hybridized carbons (Fsp3) is 0.214. The molecule has 2 aromatic carbocycles. The average molecular weight is 483 g/mol. The van der Waals surface area contributed by atoms with E-state index in [4.69, 9.17) is 9.52 Å². The molecule has 0 radical (unpaired) electrons. The molecule has 0 bridgehead atoms. The Balaban J connectivity index is 1.19. The van der Waals surface area contributed by atoms with Gasteiger partial charge in [0.1, 0.15) is 11.6 Å². The number of nitrogens with one attached hydrogen (secondary N) is 1. The molecule has 36 heavy (non-hydrogen) atoms. The van der Waals surface area contributed by atoms with E-state index in [9.17, 15) is 9.59 Å². The number of hydrogen-bond donors (Lipinski definition) is 2. The van der Waals surface area contributed by atoms with Gasteiger partial charge >= 0.3 is 5.97 Å². The Morgan fingerprint density at radius 1 is 1.00 bits per heavy atom. The number of carbonyl (C=O) groups excluding carboxylic acids is 1. The Morgan fingerprint density at radius 3 is 2.36 bits per heavy atom. The smallest absolute Gasteiger partial charge is 0.337 e. The number of aromatic nitrogens is 2. The quantitative estimate of drug-likeness (QED) is 0.380. The third-order valence-corrected chi connectivity index (χ3v) is 6.49. The maximum atomic E-state index is 12.8. The number of amides is 1. The van der Waals surface area contributed by atoms with Crippen LogP contribution in [-0.2, 0) is 0 Å². The molecule has 1 saturated heterocycles. The van der Waals surface area contributed by atoms with Gasteiger partial charge in [0.2, 0.25) is 5.89 Å². The molecule has 1 amide bonds. The minimum atomic E-state index is -0.972. The number of rotatable bonds is 6. The first-order valence-corrected chi connectivity index (χ1v) is 11.9. The lowest BCUT2D eigenvalue weighted by Crippen LogP contribution is -2.33. The van der Waals surface area contributed by atoms with Gasteiger partial charge in [-0.05, 0) is 67.6 Å². The highest BCUT2D eigenvalue weighted by molar-refractivity contribution is 6.03. The van der Waals surface area contributed by atoms with Gasteiger partial charge in [-0.1, -0.05) is 30.3 Å². The Labute approximate surface area is 208 Å². The molecular weight excluding hydrogens is 456 g/mol. The van der Waals surface area contributed by atoms with Gasteiger partial charge in [0, 0.05) is 30.5 Å². The van der Waals surface area contributed by atoms with Gasteiger partial charge in [-0.3, -0.25) is 4.79 Å². The van der Waals surface area contributed by atoms with E-state index in [-0.39, 0.29) is 17.2 Å². The summed E-state index contributed by atoms with van der Waals surface area (Å²) in [6.45, 7) is 3.43. The normalized spacial score (nSPS) is 14.0. The number of hydrogen-bond acceptors (Lipinski definition) is 6. The zero-order valence-electron chi connectivity index (χ0n) is 19.8. The lowest BCUT2D eigenvalue weighted by molar-refractivity contribution is 0.0696. The first kappa shape index (κ1) is 23.3. The third kappa shape index (κ3) is 4.98. The molecule has 1 aliphatic rings. The maximum absolute atomic E-state index is 12.8. The number of aromatic carboxylic acids is 1. The van der Waals surface area contributed by atoms with E-state index in [1.54, 1.807) is 19.1 Å². The summed E-state index contributed by atoms with van der Waals surface area (Å²) in [5.74, 6) is 0.835. The summed E-state index contributed by atoms with van der Waals surface area (Å²) in [5.41, 5.74) is 3.22. The van der Waals surface area contributed by atoms with Crippen molar-refractivity contribution in [1.29, 1.82) is 0 Å². The van der Waals surface area contributed by atoms with Crippen LogP contribution in [0, 0.1) is 6.92 Å². The van der Waals surface area contributed by atoms with Gasteiger partial charge in [0.25, 0.3) is 5.91 Å². The molecule has 5 rings (SSSR count). The van der Waals surface area contributed by atoms with Crippen LogP contribution >= 0.6 is 0 Å². The maximum Gasteiger partial charge on any atom is 0.337 e. The second-order valence-electron chi connectivity index (χ2n) is 8.84. The molecule has 2 aromatic heterocycles. The van der Waals surface area contributed by atoms with Crippen molar-refractivity contribution in [1.82, 2.24) is 9.97 Å². The Kier molecular flexibility index (Phi) is 6.49. The van der Waals surface area contributed by atoms with Gasteiger partial charge in [-0.2, -0.15) is 0 Å². The minimum Gasteiger partial charge on any atom is -0.478 e. The number of carboxylic acids is 1. The van der Waals surface area contributed by atoms with E-state index in [2.05, 4.69) is 32.3 Å². The Bertz CT molecular complexity index is 1360. The van der Waals surface area contributed by atoms with Gasteiger partial charge in [-0.15, -0.1) is 0 Å². The molecule has 1 fully saturated rings. The number of pyridine rings is 1. The number of carbonyl (C=O) groups is 2. The molecule has 0 spiro atoms. The molecule has 3 heterocycles. The monoisotopic (exact) mass is 482 g/mol.